The van der Waals surface area contributed by atoms with Crippen molar-refractivity contribution in [3.8, 4) is 17.5 Å². The second-order valence-corrected chi connectivity index (χ2v) is 3.40. The Morgan fingerprint density at radius 3 is 2.62 bits per heavy atom. The molecule has 0 aromatic carbocycles. The van der Waals surface area contributed by atoms with Crippen LogP contribution in [0.2, 0.25) is 0 Å². The molecule has 2 aromatic heterocycles. The molecule has 5 heteroatoms. The number of rotatable bonds is 1. The molecule has 0 aliphatic carbocycles. The Morgan fingerprint density at radius 2 is 2.12 bits per heavy atom. The van der Waals surface area contributed by atoms with Crippen LogP contribution in [0.25, 0.3) is 11.4 Å². The van der Waals surface area contributed by atoms with E-state index in [1.165, 1.54) is 0 Å². The van der Waals surface area contributed by atoms with Crippen LogP contribution in [0.5, 0.6) is 0 Å². The molecular formula is C11H10N4O. The van der Waals surface area contributed by atoms with Crippen LogP contribution in [0.3, 0.4) is 0 Å². The van der Waals surface area contributed by atoms with Gasteiger partial charge >= 0.3 is 0 Å². The summed E-state index contributed by atoms with van der Waals surface area (Å²) in [5, 5.41) is 8.85. The molecule has 0 aliphatic heterocycles. The maximum atomic E-state index is 8.85. The number of hydrogen-bond donors (Lipinski definition) is 1. The summed E-state index contributed by atoms with van der Waals surface area (Å²) in [6.45, 7) is 3.55. The van der Waals surface area contributed by atoms with E-state index >= 15 is 0 Å². The Morgan fingerprint density at radius 1 is 1.38 bits per heavy atom. The first-order chi connectivity index (χ1) is 7.63. The summed E-state index contributed by atoms with van der Waals surface area (Å²) in [6, 6.07) is 3.75. The Labute approximate surface area is 92.5 Å². The van der Waals surface area contributed by atoms with Crippen molar-refractivity contribution in [3.05, 3.63) is 29.3 Å². The van der Waals surface area contributed by atoms with Gasteiger partial charge in [0.2, 0.25) is 0 Å². The van der Waals surface area contributed by atoms with Crippen LogP contribution in [-0.2, 0) is 0 Å². The molecule has 0 spiro atoms. The van der Waals surface area contributed by atoms with Gasteiger partial charge in [-0.25, -0.2) is 9.97 Å². The molecule has 2 rings (SSSR count). The fourth-order valence-electron chi connectivity index (χ4n) is 1.47. The summed E-state index contributed by atoms with van der Waals surface area (Å²) >= 11 is 0. The lowest BCUT2D eigenvalue weighted by Gasteiger charge is -2.04. The third-order valence-corrected chi connectivity index (χ3v) is 2.33. The first-order valence-corrected chi connectivity index (χ1v) is 4.72. The molecule has 0 atom stereocenters. The third kappa shape index (κ3) is 1.50. The predicted octanol–water partition coefficient (Wildman–Crippen LogP) is 1.81. The molecular weight excluding hydrogens is 204 g/mol. The summed E-state index contributed by atoms with van der Waals surface area (Å²) in [5.41, 5.74) is 7.37. The van der Waals surface area contributed by atoms with E-state index in [2.05, 4.69) is 9.97 Å². The lowest BCUT2D eigenvalue weighted by molar-refractivity contribution is 0.535. The summed E-state index contributed by atoms with van der Waals surface area (Å²) < 4.78 is 5.17. The molecule has 0 unspecified atom stereocenters. The first kappa shape index (κ1) is 10.2. The number of furan rings is 1. The second-order valence-electron chi connectivity index (χ2n) is 3.40. The second kappa shape index (κ2) is 3.66. The number of aromatic nitrogens is 2. The Balaban J connectivity index is 2.62. The predicted molar refractivity (Wildman–Crippen MR) is 58.3 cm³/mol. The highest BCUT2D eigenvalue weighted by molar-refractivity contribution is 5.62. The van der Waals surface area contributed by atoms with Crippen LogP contribution in [0.1, 0.15) is 17.0 Å². The fourth-order valence-corrected chi connectivity index (χ4v) is 1.47. The van der Waals surface area contributed by atoms with Gasteiger partial charge in [0.05, 0.1) is 17.5 Å². The van der Waals surface area contributed by atoms with E-state index < -0.39 is 0 Å². The van der Waals surface area contributed by atoms with Crippen LogP contribution in [0.15, 0.2) is 16.7 Å². The number of anilines is 1. The maximum Gasteiger partial charge on any atom is 0.165 e. The van der Waals surface area contributed by atoms with Crippen LogP contribution in [0.4, 0.5) is 5.82 Å². The Bertz CT molecular complexity index is 557. The van der Waals surface area contributed by atoms with Crippen LogP contribution < -0.4 is 5.73 Å². The molecule has 80 valence electrons. The molecule has 0 saturated heterocycles. The zero-order chi connectivity index (χ0) is 11.7. The largest absolute Gasteiger partial charge is 0.469 e. The van der Waals surface area contributed by atoms with Gasteiger partial charge in [-0.1, -0.05) is 0 Å². The van der Waals surface area contributed by atoms with Gasteiger partial charge in [-0.05, 0) is 19.9 Å². The van der Waals surface area contributed by atoms with E-state index in [9.17, 15) is 0 Å². The average Bonchev–Trinajstić information content (AvgIpc) is 2.64. The van der Waals surface area contributed by atoms with Gasteiger partial charge in [0.1, 0.15) is 23.2 Å². The molecule has 16 heavy (non-hydrogen) atoms. The molecule has 0 bridgehead atoms. The van der Waals surface area contributed by atoms with Gasteiger partial charge in [0, 0.05) is 0 Å². The van der Waals surface area contributed by atoms with E-state index in [4.69, 9.17) is 15.4 Å². The fraction of sp³-hybridized carbons (Fsp3) is 0.182. The normalized spacial score (nSPS) is 10.1. The van der Waals surface area contributed by atoms with Gasteiger partial charge in [-0.2, -0.15) is 5.26 Å². The lowest BCUT2D eigenvalue weighted by Crippen LogP contribution is -2.02. The minimum atomic E-state index is 0.200. The topological polar surface area (TPSA) is 88.7 Å². The molecule has 5 nitrogen and oxygen atoms in total. The highest BCUT2D eigenvalue weighted by Gasteiger charge is 2.12. The highest BCUT2D eigenvalue weighted by atomic mass is 16.3. The van der Waals surface area contributed by atoms with Crippen LogP contribution in [0, 0.1) is 25.2 Å². The quantitative estimate of drug-likeness (QED) is 0.781. The summed E-state index contributed by atoms with van der Waals surface area (Å²) in [7, 11) is 0. The van der Waals surface area contributed by atoms with Gasteiger partial charge in [-0.15, -0.1) is 0 Å². The standard InChI is InChI=1S/C11H10N4O/c1-6-9(5-12)10(13)15-11(14-6)8-3-4-16-7(8)2/h3-4H,1-2H3,(H2,13,14,15). The number of hydrogen-bond acceptors (Lipinski definition) is 5. The molecule has 2 heterocycles. The van der Waals surface area contributed by atoms with E-state index in [0.29, 0.717) is 17.1 Å². The molecule has 0 fully saturated rings. The van der Waals surface area contributed by atoms with Crippen molar-refractivity contribution < 1.29 is 4.42 Å². The summed E-state index contributed by atoms with van der Waals surface area (Å²) in [6.07, 6.45) is 1.57. The van der Waals surface area contributed by atoms with E-state index in [1.54, 1.807) is 19.3 Å². The van der Waals surface area contributed by atoms with E-state index in [1.807, 2.05) is 13.0 Å². The van der Waals surface area contributed by atoms with Crippen LogP contribution >= 0.6 is 0 Å². The molecule has 2 N–H and O–H groups in total. The van der Waals surface area contributed by atoms with Crippen molar-refractivity contribution >= 4 is 5.82 Å². The van der Waals surface area contributed by atoms with Crippen LogP contribution in [-0.4, -0.2) is 9.97 Å². The maximum absolute atomic E-state index is 8.85. The SMILES string of the molecule is Cc1nc(-c2ccoc2C)nc(N)c1C#N. The molecule has 0 aliphatic rings. The van der Waals surface area contributed by atoms with E-state index in [-0.39, 0.29) is 5.82 Å². The molecule has 2 aromatic rings. The number of nitriles is 1. The molecule has 0 amide bonds. The van der Waals surface area contributed by atoms with Gasteiger partial charge in [0.25, 0.3) is 0 Å². The number of nitrogens with two attached hydrogens (primary N) is 1. The van der Waals surface area contributed by atoms with Crippen molar-refractivity contribution in [3.63, 3.8) is 0 Å². The van der Waals surface area contributed by atoms with Crippen molar-refractivity contribution in [2.24, 2.45) is 0 Å². The van der Waals surface area contributed by atoms with E-state index in [0.717, 1.165) is 11.3 Å². The number of aryl methyl sites for hydroxylation is 2. The smallest absolute Gasteiger partial charge is 0.165 e. The van der Waals surface area contributed by atoms with Crippen molar-refractivity contribution in [1.29, 1.82) is 5.26 Å². The van der Waals surface area contributed by atoms with Crippen molar-refractivity contribution in [2.75, 3.05) is 5.73 Å². The lowest BCUT2D eigenvalue weighted by atomic mass is 10.2. The summed E-state index contributed by atoms with van der Waals surface area (Å²) in [4.78, 5) is 8.33. The Kier molecular flexibility index (Phi) is 2.33. The van der Waals surface area contributed by atoms with Gasteiger partial charge in [-0.3, -0.25) is 0 Å². The first-order valence-electron chi connectivity index (χ1n) is 4.72. The molecule has 0 radical (unpaired) electrons. The van der Waals surface area contributed by atoms with Crippen molar-refractivity contribution in [2.45, 2.75) is 13.8 Å². The Hall–Kier alpha value is -2.35. The highest BCUT2D eigenvalue weighted by Crippen LogP contribution is 2.23. The van der Waals surface area contributed by atoms with Gasteiger partial charge < -0.3 is 10.2 Å². The molecule has 0 saturated carbocycles. The minimum absolute atomic E-state index is 0.200. The average molecular weight is 214 g/mol. The monoisotopic (exact) mass is 214 g/mol. The minimum Gasteiger partial charge on any atom is -0.469 e. The zero-order valence-electron chi connectivity index (χ0n) is 8.98. The zero-order valence-corrected chi connectivity index (χ0v) is 8.98. The number of nitrogen functional groups attached to an aromatic ring is 1. The third-order valence-electron chi connectivity index (χ3n) is 2.33. The summed E-state index contributed by atoms with van der Waals surface area (Å²) in [5.74, 6) is 1.41. The number of nitrogens with zero attached hydrogens (tertiary/aromatic N) is 3. The van der Waals surface area contributed by atoms with Gasteiger partial charge in [0.15, 0.2) is 5.82 Å². The van der Waals surface area contributed by atoms with Crippen molar-refractivity contribution in [1.82, 2.24) is 9.97 Å².